The van der Waals surface area contributed by atoms with Gasteiger partial charge in [-0.25, -0.2) is 0 Å². The molecule has 0 saturated heterocycles. The van der Waals surface area contributed by atoms with E-state index in [9.17, 15) is 0 Å². The first-order valence-corrected chi connectivity index (χ1v) is 5.73. The average Bonchev–Trinajstić information content (AvgIpc) is 2.60. The smallest absolute Gasteiger partial charge is 0.0492 e. The van der Waals surface area contributed by atoms with Crippen LogP contribution in [0.25, 0.3) is 0 Å². The van der Waals surface area contributed by atoms with Crippen LogP contribution in [0.1, 0.15) is 39.3 Å². The van der Waals surface area contributed by atoms with Gasteiger partial charge in [-0.2, -0.15) is 5.10 Å². The van der Waals surface area contributed by atoms with Crippen molar-refractivity contribution in [3.8, 4) is 0 Å². The SMILES string of the molecule is CCC(C)C(C)(N)CCc1ccnn1C. The molecule has 0 spiro atoms. The Balaban J connectivity index is 2.53. The first-order chi connectivity index (χ1) is 6.97. The summed E-state index contributed by atoms with van der Waals surface area (Å²) >= 11 is 0. The van der Waals surface area contributed by atoms with Crippen molar-refractivity contribution < 1.29 is 0 Å². The molecule has 15 heavy (non-hydrogen) atoms. The summed E-state index contributed by atoms with van der Waals surface area (Å²) in [6.45, 7) is 6.57. The number of aryl methyl sites for hydroxylation is 2. The summed E-state index contributed by atoms with van der Waals surface area (Å²) in [5.41, 5.74) is 7.50. The van der Waals surface area contributed by atoms with Gasteiger partial charge in [0.25, 0.3) is 0 Å². The normalized spacial score (nSPS) is 17.4. The predicted molar refractivity (Wildman–Crippen MR) is 63.6 cm³/mol. The molecule has 0 radical (unpaired) electrons. The Morgan fingerprint density at radius 2 is 2.27 bits per heavy atom. The minimum atomic E-state index is -0.0704. The molecule has 0 aliphatic heterocycles. The Kier molecular flexibility index (Phi) is 3.91. The molecule has 2 unspecified atom stereocenters. The maximum Gasteiger partial charge on any atom is 0.0492 e. The van der Waals surface area contributed by atoms with Gasteiger partial charge in [-0.1, -0.05) is 20.3 Å². The number of hydrogen-bond acceptors (Lipinski definition) is 2. The van der Waals surface area contributed by atoms with Crippen LogP contribution in [0.15, 0.2) is 12.3 Å². The maximum absolute atomic E-state index is 6.31. The molecule has 0 saturated carbocycles. The summed E-state index contributed by atoms with van der Waals surface area (Å²) in [7, 11) is 1.98. The molecule has 1 aromatic rings. The van der Waals surface area contributed by atoms with Crippen LogP contribution in [0.4, 0.5) is 0 Å². The van der Waals surface area contributed by atoms with E-state index in [1.807, 2.05) is 17.9 Å². The molecule has 3 nitrogen and oxygen atoms in total. The first kappa shape index (κ1) is 12.2. The largest absolute Gasteiger partial charge is 0.325 e. The lowest BCUT2D eigenvalue weighted by atomic mass is 9.82. The van der Waals surface area contributed by atoms with E-state index in [0.29, 0.717) is 5.92 Å². The summed E-state index contributed by atoms with van der Waals surface area (Å²) in [6.07, 6.45) is 5.00. The lowest BCUT2D eigenvalue weighted by Crippen LogP contribution is -2.43. The highest BCUT2D eigenvalue weighted by Crippen LogP contribution is 2.22. The van der Waals surface area contributed by atoms with Gasteiger partial charge in [0.1, 0.15) is 0 Å². The van der Waals surface area contributed by atoms with Crippen LogP contribution < -0.4 is 5.73 Å². The fourth-order valence-electron chi connectivity index (χ4n) is 1.76. The van der Waals surface area contributed by atoms with Crippen LogP contribution in [0.5, 0.6) is 0 Å². The number of hydrogen-bond donors (Lipinski definition) is 1. The van der Waals surface area contributed by atoms with Crippen molar-refractivity contribution in [3.63, 3.8) is 0 Å². The van der Waals surface area contributed by atoms with Gasteiger partial charge in [0.15, 0.2) is 0 Å². The molecule has 1 aromatic heterocycles. The zero-order valence-corrected chi connectivity index (χ0v) is 10.3. The maximum atomic E-state index is 6.31. The highest BCUT2D eigenvalue weighted by molar-refractivity contribution is 5.02. The van der Waals surface area contributed by atoms with E-state index in [2.05, 4.69) is 31.9 Å². The zero-order chi connectivity index (χ0) is 11.5. The Labute approximate surface area is 92.7 Å². The van der Waals surface area contributed by atoms with Crippen molar-refractivity contribution in [3.05, 3.63) is 18.0 Å². The van der Waals surface area contributed by atoms with Gasteiger partial charge < -0.3 is 5.73 Å². The van der Waals surface area contributed by atoms with Crippen molar-refractivity contribution >= 4 is 0 Å². The molecule has 1 heterocycles. The van der Waals surface area contributed by atoms with Gasteiger partial charge >= 0.3 is 0 Å². The molecule has 0 aliphatic carbocycles. The van der Waals surface area contributed by atoms with Gasteiger partial charge in [0, 0.05) is 24.5 Å². The second-order valence-electron chi connectivity index (χ2n) is 4.76. The fraction of sp³-hybridized carbons (Fsp3) is 0.750. The fourth-order valence-corrected chi connectivity index (χ4v) is 1.76. The Morgan fingerprint density at radius 1 is 1.60 bits per heavy atom. The molecule has 2 atom stereocenters. The van der Waals surface area contributed by atoms with Crippen molar-refractivity contribution in [2.45, 2.75) is 45.6 Å². The summed E-state index contributed by atoms with van der Waals surface area (Å²) in [6, 6.07) is 2.06. The molecular formula is C12H23N3. The quantitative estimate of drug-likeness (QED) is 0.807. The number of nitrogens with two attached hydrogens (primary N) is 1. The third-order valence-electron chi connectivity index (χ3n) is 3.58. The lowest BCUT2D eigenvalue weighted by molar-refractivity contribution is 0.287. The second kappa shape index (κ2) is 4.79. The van der Waals surface area contributed by atoms with Crippen LogP contribution in [-0.4, -0.2) is 15.3 Å². The highest BCUT2D eigenvalue weighted by atomic mass is 15.2. The van der Waals surface area contributed by atoms with Crippen molar-refractivity contribution in [2.24, 2.45) is 18.7 Å². The Bertz CT molecular complexity index is 302. The monoisotopic (exact) mass is 209 g/mol. The summed E-state index contributed by atoms with van der Waals surface area (Å²) in [4.78, 5) is 0. The minimum Gasteiger partial charge on any atom is -0.325 e. The summed E-state index contributed by atoms with van der Waals surface area (Å²) in [5.74, 6) is 0.561. The van der Waals surface area contributed by atoms with Crippen LogP contribution in [0.3, 0.4) is 0 Å². The topological polar surface area (TPSA) is 43.8 Å². The number of nitrogens with zero attached hydrogens (tertiary/aromatic N) is 2. The predicted octanol–water partition coefficient (Wildman–Crippen LogP) is 2.12. The van der Waals surface area contributed by atoms with E-state index < -0.39 is 0 Å². The van der Waals surface area contributed by atoms with Crippen LogP contribution >= 0.6 is 0 Å². The minimum absolute atomic E-state index is 0.0704. The molecule has 0 amide bonds. The third kappa shape index (κ3) is 3.06. The summed E-state index contributed by atoms with van der Waals surface area (Å²) < 4.78 is 1.92. The molecule has 3 heteroatoms. The van der Waals surface area contributed by atoms with Crippen LogP contribution in [0.2, 0.25) is 0 Å². The molecule has 0 fully saturated rings. The van der Waals surface area contributed by atoms with E-state index in [0.717, 1.165) is 19.3 Å². The second-order valence-corrected chi connectivity index (χ2v) is 4.76. The van der Waals surface area contributed by atoms with Gasteiger partial charge in [0.2, 0.25) is 0 Å². The standard InChI is InChI=1S/C12H23N3/c1-5-10(2)12(3,13)8-6-11-7-9-14-15(11)4/h7,9-10H,5-6,8,13H2,1-4H3. The third-order valence-corrected chi connectivity index (χ3v) is 3.58. The molecule has 0 aliphatic rings. The van der Waals surface area contributed by atoms with E-state index in [1.165, 1.54) is 5.69 Å². The van der Waals surface area contributed by atoms with E-state index in [-0.39, 0.29) is 5.54 Å². The molecule has 2 N–H and O–H groups in total. The molecule has 86 valence electrons. The lowest BCUT2D eigenvalue weighted by Gasteiger charge is -2.31. The highest BCUT2D eigenvalue weighted by Gasteiger charge is 2.24. The number of rotatable bonds is 5. The van der Waals surface area contributed by atoms with Crippen LogP contribution in [0, 0.1) is 5.92 Å². The van der Waals surface area contributed by atoms with Gasteiger partial charge in [-0.15, -0.1) is 0 Å². The van der Waals surface area contributed by atoms with E-state index in [4.69, 9.17) is 5.73 Å². The zero-order valence-electron chi connectivity index (χ0n) is 10.3. The Hall–Kier alpha value is -0.830. The first-order valence-electron chi connectivity index (χ1n) is 5.73. The van der Waals surface area contributed by atoms with Gasteiger partial charge in [-0.05, 0) is 31.7 Å². The van der Waals surface area contributed by atoms with E-state index >= 15 is 0 Å². The van der Waals surface area contributed by atoms with Crippen LogP contribution in [-0.2, 0) is 13.5 Å². The molecular weight excluding hydrogens is 186 g/mol. The number of aromatic nitrogens is 2. The summed E-state index contributed by atoms with van der Waals surface area (Å²) in [5, 5.41) is 4.16. The van der Waals surface area contributed by atoms with Gasteiger partial charge in [0.05, 0.1) is 0 Å². The Morgan fingerprint density at radius 3 is 2.73 bits per heavy atom. The van der Waals surface area contributed by atoms with Crippen molar-refractivity contribution in [2.75, 3.05) is 0 Å². The van der Waals surface area contributed by atoms with Crippen molar-refractivity contribution in [1.29, 1.82) is 0 Å². The van der Waals surface area contributed by atoms with Crippen molar-refractivity contribution in [1.82, 2.24) is 9.78 Å². The molecule has 0 aromatic carbocycles. The molecule has 1 rings (SSSR count). The van der Waals surface area contributed by atoms with Gasteiger partial charge in [-0.3, -0.25) is 4.68 Å². The molecule has 0 bridgehead atoms. The van der Waals surface area contributed by atoms with E-state index in [1.54, 1.807) is 0 Å². The average molecular weight is 209 g/mol.